The summed E-state index contributed by atoms with van der Waals surface area (Å²) in [5.74, 6) is 0.464. The molecule has 0 heterocycles. The molecule has 18 heavy (non-hydrogen) atoms. The molecule has 5 nitrogen and oxygen atoms in total. The minimum absolute atomic E-state index is 0.0907. The zero-order valence-corrected chi connectivity index (χ0v) is 9.20. The van der Waals surface area contributed by atoms with Crippen molar-refractivity contribution >= 4 is 11.7 Å². The van der Waals surface area contributed by atoms with Gasteiger partial charge in [0.2, 0.25) is 0 Å². The van der Waals surface area contributed by atoms with Crippen molar-refractivity contribution in [3.05, 3.63) is 39.4 Å². The van der Waals surface area contributed by atoms with Gasteiger partial charge in [-0.05, 0) is 18.9 Å². The van der Waals surface area contributed by atoms with Gasteiger partial charge in [-0.2, -0.15) is 0 Å². The highest BCUT2D eigenvalue weighted by Crippen LogP contribution is 2.21. The largest absolute Gasteiger partial charge is 0.456 e. The van der Waals surface area contributed by atoms with Gasteiger partial charge in [-0.3, -0.25) is 10.1 Å². The van der Waals surface area contributed by atoms with Crippen LogP contribution in [0.4, 0.5) is 14.5 Å². The average Bonchev–Trinajstić information content (AvgIpc) is 2.30. The molecule has 0 aliphatic carbocycles. The van der Waals surface area contributed by atoms with E-state index in [-0.39, 0.29) is 6.61 Å². The highest BCUT2D eigenvalue weighted by Gasteiger charge is 2.17. The molecule has 0 spiro atoms. The van der Waals surface area contributed by atoms with Crippen molar-refractivity contribution in [3.8, 4) is 11.8 Å². The molecule has 7 heteroatoms. The molecule has 0 saturated heterocycles. The van der Waals surface area contributed by atoms with Gasteiger partial charge in [0, 0.05) is 5.92 Å². The van der Waals surface area contributed by atoms with Gasteiger partial charge in [0.05, 0.1) is 17.6 Å². The Labute approximate surface area is 101 Å². The Bertz CT molecular complexity index is 560. The number of benzene rings is 1. The van der Waals surface area contributed by atoms with Crippen LogP contribution in [0.2, 0.25) is 0 Å². The van der Waals surface area contributed by atoms with Crippen LogP contribution in [-0.2, 0) is 9.53 Å². The first-order valence-corrected chi connectivity index (χ1v) is 4.78. The molecule has 0 unspecified atom stereocenters. The normalized spacial score (nSPS) is 9.28. The summed E-state index contributed by atoms with van der Waals surface area (Å²) < 4.78 is 30.2. The van der Waals surface area contributed by atoms with Crippen molar-refractivity contribution in [1.82, 2.24) is 0 Å². The Balaban J connectivity index is 3.19. The number of nitrogens with zero attached hydrogens (tertiary/aromatic N) is 1. The summed E-state index contributed by atoms with van der Waals surface area (Å²) in [6.07, 6.45) is 0. The number of ether oxygens (including phenoxy) is 1. The summed E-state index contributed by atoms with van der Waals surface area (Å²) >= 11 is 0. The molecule has 0 atom stereocenters. The number of nitro benzene ring substituents is 1. The monoisotopic (exact) mass is 255 g/mol. The lowest BCUT2D eigenvalue weighted by molar-refractivity contribution is -0.385. The minimum atomic E-state index is -1.36. The molecule has 0 saturated carbocycles. The fourth-order valence-electron chi connectivity index (χ4n) is 1.07. The van der Waals surface area contributed by atoms with E-state index in [1.165, 1.54) is 0 Å². The van der Waals surface area contributed by atoms with E-state index in [1.807, 2.05) is 5.92 Å². The van der Waals surface area contributed by atoms with Crippen LogP contribution in [0, 0.1) is 33.6 Å². The van der Waals surface area contributed by atoms with E-state index in [1.54, 1.807) is 6.92 Å². The van der Waals surface area contributed by atoms with E-state index in [0.717, 1.165) is 0 Å². The zero-order chi connectivity index (χ0) is 13.7. The first kappa shape index (κ1) is 13.6. The number of esters is 1. The van der Waals surface area contributed by atoms with E-state index in [9.17, 15) is 23.7 Å². The Kier molecular flexibility index (Phi) is 4.32. The lowest BCUT2D eigenvalue weighted by Gasteiger charge is -1.97. The molecule has 1 rings (SSSR count). The van der Waals surface area contributed by atoms with E-state index in [0.29, 0.717) is 12.1 Å². The van der Waals surface area contributed by atoms with Gasteiger partial charge < -0.3 is 4.74 Å². The Morgan fingerprint density at radius 2 is 2.06 bits per heavy atom. The van der Waals surface area contributed by atoms with Gasteiger partial charge in [-0.25, -0.2) is 13.6 Å². The SMILES string of the molecule is CCOC(=O)C#Cc1cc(F)c(F)cc1[N+](=O)[O-]. The van der Waals surface area contributed by atoms with Gasteiger partial charge in [-0.1, -0.05) is 0 Å². The second-order valence-corrected chi connectivity index (χ2v) is 3.01. The predicted octanol–water partition coefficient (Wildman–Crippen LogP) is 1.79. The maximum Gasteiger partial charge on any atom is 0.384 e. The van der Waals surface area contributed by atoms with Crippen LogP contribution < -0.4 is 0 Å². The van der Waals surface area contributed by atoms with Crippen molar-refractivity contribution in [1.29, 1.82) is 0 Å². The average molecular weight is 255 g/mol. The molecule has 0 aliphatic heterocycles. The molecule has 0 bridgehead atoms. The van der Waals surface area contributed by atoms with Crippen molar-refractivity contribution in [2.75, 3.05) is 6.61 Å². The highest BCUT2D eigenvalue weighted by atomic mass is 19.2. The number of hydrogen-bond acceptors (Lipinski definition) is 4. The quantitative estimate of drug-likeness (QED) is 0.349. The number of carbonyl (C=O) groups is 1. The highest BCUT2D eigenvalue weighted by molar-refractivity contribution is 5.89. The van der Waals surface area contributed by atoms with Crippen molar-refractivity contribution in [3.63, 3.8) is 0 Å². The molecule has 0 radical (unpaired) electrons. The molecule has 1 aromatic rings. The van der Waals surface area contributed by atoms with Crippen LogP contribution >= 0.6 is 0 Å². The lowest BCUT2D eigenvalue weighted by atomic mass is 10.1. The molecule has 0 aliphatic rings. The molecule has 0 N–H and O–H groups in total. The Morgan fingerprint density at radius 1 is 1.44 bits per heavy atom. The molecule has 0 fully saturated rings. The first-order valence-electron chi connectivity index (χ1n) is 4.78. The number of carbonyl (C=O) groups excluding carboxylic acids is 1. The van der Waals surface area contributed by atoms with Gasteiger partial charge in [-0.15, -0.1) is 0 Å². The summed E-state index contributed by atoms with van der Waals surface area (Å²) in [6.45, 7) is 1.65. The van der Waals surface area contributed by atoms with E-state index in [4.69, 9.17) is 0 Å². The van der Waals surface area contributed by atoms with Crippen LogP contribution in [0.1, 0.15) is 12.5 Å². The molecular formula is C11H7F2NO4. The minimum Gasteiger partial charge on any atom is -0.456 e. The van der Waals surface area contributed by atoms with Gasteiger partial charge in [0.1, 0.15) is 5.56 Å². The van der Waals surface area contributed by atoms with E-state index >= 15 is 0 Å². The molecular weight excluding hydrogens is 248 g/mol. The van der Waals surface area contributed by atoms with Crippen LogP contribution in [0.25, 0.3) is 0 Å². The second-order valence-electron chi connectivity index (χ2n) is 3.01. The number of nitro groups is 1. The standard InChI is InChI=1S/C11H7F2NO4/c1-2-18-11(15)4-3-7-5-8(12)9(13)6-10(7)14(16)17/h5-6H,2H2,1H3. The van der Waals surface area contributed by atoms with Crippen LogP contribution in [0.3, 0.4) is 0 Å². The van der Waals surface area contributed by atoms with Crippen molar-refractivity contribution in [2.45, 2.75) is 6.92 Å². The third-order valence-corrected chi connectivity index (χ3v) is 1.81. The summed E-state index contributed by atoms with van der Waals surface area (Å²) in [4.78, 5) is 20.6. The summed E-state index contributed by atoms with van der Waals surface area (Å²) in [5, 5.41) is 10.6. The second kappa shape index (κ2) is 5.72. The van der Waals surface area contributed by atoms with Gasteiger partial charge in [0.15, 0.2) is 11.6 Å². The van der Waals surface area contributed by atoms with Gasteiger partial charge >= 0.3 is 5.97 Å². The molecule has 1 aromatic carbocycles. The smallest absolute Gasteiger partial charge is 0.384 e. The maximum absolute atomic E-state index is 12.9. The third-order valence-electron chi connectivity index (χ3n) is 1.81. The summed E-state index contributed by atoms with van der Waals surface area (Å²) in [5.41, 5.74) is -1.11. The van der Waals surface area contributed by atoms with E-state index < -0.39 is 33.8 Å². The number of rotatable bonds is 2. The third kappa shape index (κ3) is 3.25. The molecule has 94 valence electrons. The van der Waals surface area contributed by atoms with E-state index in [2.05, 4.69) is 10.7 Å². The zero-order valence-electron chi connectivity index (χ0n) is 9.20. The van der Waals surface area contributed by atoms with Crippen molar-refractivity contribution < 1.29 is 23.2 Å². The Hall–Kier alpha value is -2.49. The van der Waals surface area contributed by atoms with Crippen LogP contribution in [-0.4, -0.2) is 17.5 Å². The summed E-state index contributed by atoms with van der Waals surface area (Å²) in [6, 6.07) is 0.962. The predicted molar refractivity (Wildman–Crippen MR) is 56.5 cm³/mol. The summed E-state index contributed by atoms with van der Waals surface area (Å²) in [7, 11) is 0. The van der Waals surface area contributed by atoms with Crippen molar-refractivity contribution in [2.24, 2.45) is 0 Å². The fraction of sp³-hybridized carbons (Fsp3) is 0.182. The Morgan fingerprint density at radius 3 is 2.61 bits per heavy atom. The fourth-order valence-corrected chi connectivity index (χ4v) is 1.07. The van der Waals surface area contributed by atoms with Crippen LogP contribution in [0.15, 0.2) is 12.1 Å². The maximum atomic E-state index is 12.9. The number of halogens is 2. The van der Waals surface area contributed by atoms with Gasteiger partial charge in [0.25, 0.3) is 5.69 Å². The topological polar surface area (TPSA) is 69.4 Å². The first-order chi connectivity index (χ1) is 8.45. The number of hydrogen-bond donors (Lipinski definition) is 0. The lowest BCUT2D eigenvalue weighted by Crippen LogP contribution is -2.00. The molecule has 0 aromatic heterocycles. The van der Waals surface area contributed by atoms with Crippen LogP contribution in [0.5, 0.6) is 0 Å². The molecule has 0 amide bonds.